The number of amides is 1. The van der Waals surface area contributed by atoms with E-state index in [4.69, 9.17) is 4.52 Å². The van der Waals surface area contributed by atoms with E-state index in [9.17, 15) is 4.79 Å². The minimum absolute atomic E-state index is 0. The fourth-order valence-corrected chi connectivity index (χ4v) is 2.70. The van der Waals surface area contributed by atoms with E-state index < -0.39 is 0 Å². The summed E-state index contributed by atoms with van der Waals surface area (Å²) in [6.07, 6.45) is 2.81. The van der Waals surface area contributed by atoms with E-state index >= 15 is 0 Å². The minimum Gasteiger partial charge on any atom is -0.385 e. The highest BCUT2D eigenvalue weighted by Gasteiger charge is 2.19. The molecule has 0 radical (unpaired) electrons. The second-order valence-corrected chi connectivity index (χ2v) is 5.28. The van der Waals surface area contributed by atoms with E-state index in [0.717, 1.165) is 30.8 Å². The van der Waals surface area contributed by atoms with Crippen LogP contribution in [0.4, 0.5) is 11.4 Å². The van der Waals surface area contributed by atoms with Crippen LogP contribution in [0.2, 0.25) is 0 Å². The summed E-state index contributed by atoms with van der Waals surface area (Å²) in [6, 6.07) is 5.97. The first-order chi connectivity index (χ1) is 10.2. The van der Waals surface area contributed by atoms with Crippen LogP contribution in [-0.2, 0) is 12.8 Å². The maximum Gasteiger partial charge on any atom is 0.261 e. The minimum atomic E-state index is -0.158. The lowest BCUT2D eigenvalue weighted by Gasteiger charge is -2.18. The van der Waals surface area contributed by atoms with Gasteiger partial charge in [0.15, 0.2) is 0 Å². The van der Waals surface area contributed by atoms with Crippen molar-refractivity contribution >= 4 is 29.7 Å². The van der Waals surface area contributed by atoms with Crippen molar-refractivity contribution in [2.45, 2.75) is 33.1 Å². The summed E-state index contributed by atoms with van der Waals surface area (Å²) < 4.78 is 5.17. The molecule has 5 nitrogen and oxygen atoms in total. The summed E-state index contributed by atoms with van der Waals surface area (Å²) in [7, 11) is 0. The molecule has 1 aromatic carbocycles. The standard InChI is InChI=1S/C16H19N3O2.ClH/c1-3-14-15(10(2)19-21-14)16(20)18-12-6-7-13-11(9-12)5-4-8-17-13;/h6-7,9,17H,3-5,8H2,1-2H3,(H,18,20);1H. The van der Waals surface area contributed by atoms with Crippen LogP contribution in [0.3, 0.4) is 0 Å². The Hall–Kier alpha value is -2.01. The highest BCUT2D eigenvalue weighted by Crippen LogP contribution is 2.26. The van der Waals surface area contributed by atoms with E-state index in [2.05, 4.69) is 15.8 Å². The van der Waals surface area contributed by atoms with Gasteiger partial charge in [-0.25, -0.2) is 0 Å². The van der Waals surface area contributed by atoms with E-state index in [0.29, 0.717) is 23.4 Å². The lowest BCUT2D eigenvalue weighted by atomic mass is 10.0. The van der Waals surface area contributed by atoms with Crippen LogP contribution < -0.4 is 10.6 Å². The average molecular weight is 322 g/mol. The Morgan fingerprint density at radius 1 is 1.45 bits per heavy atom. The fourth-order valence-electron chi connectivity index (χ4n) is 2.70. The number of nitrogens with one attached hydrogen (secondary N) is 2. The smallest absolute Gasteiger partial charge is 0.261 e. The summed E-state index contributed by atoms with van der Waals surface area (Å²) in [5.74, 6) is 0.471. The quantitative estimate of drug-likeness (QED) is 0.906. The number of fused-ring (bicyclic) bond motifs is 1. The summed E-state index contributed by atoms with van der Waals surface area (Å²) >= 11 is 0. The molecule has 0 bridgehead atoms. The first kappa shape index (κ1) is 16.4. The summed E-state index contributed by atoms with van der Waals surface area (Å²) in [4.78, 5) is 12.4. The van der Waals surface area contributed by atoms with Crippen molar-refractivity contribution < 1.29 is 9.32 Å². The molecule has 2 N–H and O–H groups in total. The van der Waals surface area contributed by atoms with Crippen LogP contribution in [0.15, 0.2) is 22.7 Å². The zero-order valence-corrected chi connectivity index (χ0v) is 13.5. The third-order valence-electron chi connectivity index (χ3n) is 3.78. The predicted octanol–water partition coefficient (Wildman–Crippen LogP) is 3.58. The van der Waals surface area contributed by atoms with E-state index in [1.165, 1.54) is 5.56 Å². The first-order valence-electron chi connectivity index (χ1n) is 7.32. The highest BCUT2D eigenvalue weighted by molar-refractivity contribution is 6.05. The van der Waals surface area contributed by atoms with E-state index in [1.54, 1.807) is 6.92 Å². The molecule has 0 saturated carbocycles. The van der Waals surface area contributed by atoms with Crippen molar-refractivity contribution in [2.24, 2.45) is 0 Å². The van der Waals surface area contributed by atoms with Gasteiger partial charge in [-0.05, 0) is 43.5 Å². The van der Waals surface area contributed by atoms with Crippen molar-refractivity contribution in [1.82, 2.24) is 5.16 Å². The number of halogens is 1. The molecule has 1 aliphatic heterocycles. The van der Waals surface area contributed by atoms with Crippen LogP contribution in [0, 0.1) is 6.92 Å². The van der Waals surface area contributed by atoms with Crippen molar-refractivity contribution in [1.29, 1.82) is 0 Å². The normalized spacial score (nSPS) is 12.8. The number of carbonyl (C=O) groups excluding carboxylic acids is 1. The zero-order chi connectivity index (χ0) is 14.8. The third kappa shape index (κ3) is 3.09. The molecule has 0 fully saturated rings. The second-order valence-electron chi connectivity index (χ2n) is 5.28. The molecular formula is C16H20ClN3O2. The molecule has 0 saturated heterocycles. The number of aromatic nitrogens is 1. The molecule has 1 amide bonds. The van der Waals surface area contributed by atoms with Gasteiger partial charge < -0.3 is 15.2 Å². The van der Waals surface area contributed by atoms with Gasteiger partial charge in [-0.1, -0.05) is 12.1 Å². The molecule has 6 heteroatoms. The van der Waals surface area contributed by atoms with Gasteiger partial charge in [0.1, 0.15) is 11.3 Å². The van der Waals surface area contributed by atoms with Gasteiger partial charge in [0.2, 0.25) is 0 Å². The molecule has 118 valence electrons. The fraction of sp³-hybridized carbons (Fsp3) is 0.375. The summed E-state index contributed by atoms with van der Waals surface area (Å²) in [6.45, 7) is 4.74. The van der Waals surface area contributed by atoms with E-state index in [1.807, 2.05) is 25.1 Å². The van der Waals surface area contributed by atoms with Crippen molar-refractivity contribution in [2.75, 3.05) is 17.2 Å². The molecule has 0 aliphatic carbocycles. The summed E-state index contributed by atoms with van der Waals surface area (Å²) in [5, 5.41) is 10.2. The second kappa shape index (κ2) is 6.83. The van der Waals surface area contributed by atoms with Crippen molar-refractivity contribution in [3.05, 3.63) is 40.8 Å². The first-order valence-corrected chi connectivity index (χ1v) is 7.32. The molecule has 1 aliphatic rings. The largest absolute Gasteiger partial charge is 0.385 e. The molecule has 2 heterocycles. The number of nitrogens with zero attached hydrogens (tertiary/aromatic N) is 1. The average Bonchev–Trinajstić information content (AvgIpc) is 2.88. The van der Waals surface area contributed by atoms with Crippen LogP contribution in [-0.4, -0.2) is 17.6 Å². The van der Waals surface area contributed by atoms with Gasteiger partial charge in [-0.2, -0.15) is 0 Å². The molecular weight excluding hydrogens is 302 g/mol. The SMILES string of the molecule is CCc1onc(C)c1C(=O)Nc1ccc2c(c1)CCCN2.Cl. The molecule has 2 aromatic rings. The molecule has 3 rings (SSSR count). The lowest BCUT2D eigenvalue weighted by molar-refractivity contribution is 0.102. The summed E-state index contributed by atoms with van der Waals surface area (Å²) in [5.41, 5.74) is 4.40. The maximum absolute atomic E-state index is 12.4. The topological polar surface area (TPSA) is 67.2 Å². The number of rotatable bonds is 3. The van der Waals surface area contributed by atoms with Crippen LogP contribution in [0.1, 0.15) is 40.7 Å². The molecule has 1 aromatic heterocycles. The molecule has 0 spiro atoms. The number of benzene rings is 1. The lowest BCUT2D eigenvalue weighted by Crippen LogP contribution is -2.16. The van der Waals surface area contributed by atoms with Crippen LogP contribution >= 0.6 is 12.4 Å². The van der Waals surface area contributed by atoms with Crippen LogP contribution in [0.5, 0.6) is 0 Å². The van der Waals surface area contributed by atoms with Crippen LogP contribution in [0.25, 0.3) is 0 Å². The number of carbonyl (C=O) groups is 1. The predicted molar refractivity (Wildman–Crippen MR) is 89.1 cm³/mol. The van der Waals surface area contributed by atoms with Gasteiger partial charge >= 0.3 is 0 Å². The van der Waals surface area contributed by atoms with E-state index in [-0.39, 0.29) is 18.3 Å². The number of hydrogen-bond donors (Lipinski definition) is 2. The Morgan fingerprint density at radius 2 is 2.27 bits per heavy atom. The number of aryl methyl sites for hydroxylation is 3. The molecule has 0 unspecified atom stereocenters. The maximum atomic E-state index is 12.4. The Kier molecular flexibility index (Phi) is 5.08. The number of anilines is 2. The van der Waals surface area contributed by atoms with Gasteiger partial charge in [-0.3, -0.25) is 4.79 Å². The Bertz CT molecular complexity index is 682. The Balaban J connectivity index is 0.00000176. The monoisotopic (exact) mass is 321 g/mol. The zero-order valence-electron chi connectivity index (χ0n) is 12.7. The van der Waals surface area contributed by atoms with Gasteiger partial charge in [0.25, 0.3) is 5.91 Å². The molecule has 22 heavy (non-hydrogen) atoms. The highest BCUT2D eigenvalue weighted by atomic mass is 35.5. The van der Waals surface area contributed by atoms with Gasteiger partial charge in [0.05, 0.1) is 5.69 Å². The van der Waals surface area contributed by atoms with Gasteiger partial charge in [-0.15, -0.1) is 12.4 Å². The third-order valence-corrected chi connectivity index (χ3v) is 3.78. The van der Waals surface area contributed by atoms with Gasteiger partial charge in [0, 0.05) is 24.3 Å². The number of hydrogen-bond acceptors (Lipinski definition) is 4. The van der Waals surface area contributed by atoms with Crippen molar-refractivity contribution in [3.8, 4) is 0 Å². The Labute approximate surface area is 135 Å². The molecule has 0 atom stereocenters. The van der Waals surface area contributed by atoms with Crippen molar-refractivity contribution in [3.63, 3.8) is 0 Å². The Morgan fingerprint density at radius 3 is 3.05 bits per heavy atom.